The molecule has 0 spiro atoms. The molecular weight excluding hydrogens is 239 g/mol. The Morgan fingerprint density at radius 3 is 2.94 bits per heavy atom. The number of nitro benzene ring substituents is 1. The number of benzene rings is 1. The molecule has 0 unspecified atom stereocenters. The van der Waals surface area contributed by atoms with Crippen LogP contribution in [0.4, 0.5) is 15.8 Å². The molecule has 1 heterocycles. The second kappa shape index (κ2) is 4.82. The van der Waals surface area contributed by atoms with Crippen LogP contribution in [0.15, 0.2) is 24.4 Å². The summed E-state index contributed by atoms with van der Waals surface area (Å²) in [5, 5.41) is 20.2. The summed E-state index contributed by atoms with van der Waals surface area (Å²) in [7, 11) is 0. The van der Waals surface area contributed by atoms with Gasteiger partial charge < -0.3 is 5.32 Å². The van der Waals surface area contributed by atoms with Crippen molar-refractivity contribution in [3.05, 3.63) is 51.6 Å². The van der Waals surface area contributed by atoms with Gasteiger partial charge in [-0.05, 0) is 24.6 Å². The lowest BCUT2D eigenvalue weighted by Gasteiger charge is -2.07. The monoisotopic (exact) mass is 250 g/mol. The first-order chi connectivity index (χ1) is 8.58. The van der Waals surface area contributed by atoms with E-state index in [1.54, 1.807) is 19.2 Å². The summed E-state index contributed by atoms with van der Waals surface area (Å²) >= 11 is 0. The molecule has 2 N–H and O–H groups in total. The van der Waals surface area contributed by atoms with Crippen LogP contribution >= 0.6 is 0 Å². The molecular formula is C11H11FN4O2. The number of rotatable bonds is 4. The van der Waals surface area contributed by atoms with E-state index in [0.717, 1.165) is 11.8 Å². The van der Waals surface area contributed by atoms with Crippen LogP contribution in [0.1, 0.15) is 11.3 Å². The van der Waals surface area contributed by atoms with Crippen molar-refractivity contribution in [1.29, 1.82) is 0 Å². The number of anilines is 1. The molecule has 0 aliphatic carbocycles. The van der Waals surface area contributed by atoms with Crippen molar-refractivity contribution < 1.29 is 9.31 Å². The highest BCUT2D eigenvalue weighted by Crippen LogP contribution is 2.27. The quantitative estimate of drug-likeness (QED) is 0.644. The van der Waals surface area contributed by atoms with Crippen LogP contribution in [-0.2, 0) is 6.54 Å². The summed E-state index contributed by atoms with van der Waals surface area (Å²) in [6.07, 6.45) is 1.58. The normalized spacial score (nSPS) is 10.3. The molecule has 0 atom stereocenters. The van der Waals surface area contributed by atoms with Crippen molar-refractivity contribution in [3.8, 4) is 0 Å². The van der Waals surface area contributed by atoms with Gasteiger partial charge in [-0.15, -0.1) is 0 Å². The smallest absolute Gasteiger partial charge is 0.295 e. The maximum absolute atomic E-state index is 13.3. The topological polar surface area (TPSA) is 83.8 Å². The van der Waals surface area contributed by atoms with Crippen LogP contribution in [0.25, 0.3) is 0 Å². The number of hydrogen-bond acceptors (Lipinski definition) is 4. The molecule has 0 amide bonds. The Hall–Kier alpha value is -2.44. The number of hydrogen-bond donors (Lipinski definition) is 2. The maximum atomic E-state index is 13.3. The second-order valence-electron chi connectivity index (χ2n) is 3.81. The van der Waals surface area contributed by atoms with E-state index >= 15 is 0 Å². The van der Waals surface area contributed by atoms with Crippen molar-refractivity contribution in [2.45, 2.75) is 13.5 Å². The first-order valence-electron chi connectivity index (χ1n) is 5.24. The van der Waals surface area contributed by atoms with E-state index in [0.29, 0.717) is 12.1 Å². The third-order valence-electron chi connectivity index (χ3n) is 2.50. The summed E-state index contributed by atoms with van der Waals surface area (Å²) in [6, 6.07) is 4.09. The van der Waals surface area contributed by atoms with Crippen LogP contribution < -0.4 is 5.32 Å². The molecule has 6 nitrogen and oxygen atoms in total. The van der Waals surface area contributed by atoms with Gasteiger partial charge in [0.2, 0.25) is 0 Å². The van der Waals surface area contributed by atoms with Gasteiger partial charge in [-0.1, -0.05) is 0 Å². The number of nitrogens with zero attached hydrogens (tertiary/aromatic N) is 2. The summed E-state index contributed by atoms with van der Waals surface area (Å²) in [6.45, 7) is 1.91. The van der Waals surface area contributed by atoms with Gasteiger partial charge in [0, 0.05) is 6.20 Å². The first-order valence-corrected chi connectivity index (χ1v) is 5.24. The zero-order chi connectivity index (χ0) is 13.1. The minimum atomic E-state index is -0.613. The molecule has 7 heteroatoms. The van der Waals surface area contributed by atoms with Crippen molar-refractivity contribution in [2.75, 3.05) is 5.32 Å². The summed E-state index contributed by atoms with van der Waals surface area (Å²) in [4.78, 5) is 10.2. The summed E-state index contributed by atoms with van der Waals surface area (Å²) in [5.74, 6) is -0.589. The third kappa shape index (κ3) is 2.45. The van der Waals surface area contributed by atoms with E-state index in [9.17, 15) is 14.5 Å². The van der Waals surface area contributed by atoms with Crippen LogP contribution in [0.2, 0.25) is 0 Å². The van der Waals surface area contributed by atoms with E-state index in [2.05, 4.69) is 15.5 Å². The fourth-order valence-electron chi connectivity index (χ4n) is 1.54. The molecule has 2 rings (SSSR count). The van der Waals surface area contributed by atoms with Crippen molar-refractivity contribution in [2.24, 2.45) is 0 Å². The minimum absolute atomic E-state index is 0.280. The molecule has 1 aromatic carbocycles. The second-order valence-corrected chi connectivity index (χ2v) is 3.81. The van der Waals surface area contributed by atoms with Crippen LogP contribution in [0.5, 0.6) is 0 Å². The molecule has 0 bridgehead atoms. The van der Waals surface area contributed by atoms with Gasteiger partial charge in [-0.2, -0.15) is 5.10 Å². The Morgan fingerprint density at radius 2 is 2.33 bits per heavy atom. The zero-order valence-electron chi connectivity index (χ0n) is 9.61. The number of aromatic nitrogens is 2. The molecule has 0 radical (unpaired) electrons. The number of halogens is 1. The first kappa shape index (κ1) is 12.0. The number of aryl methyl sites for hydroxylation is 1. The summed E-state index contributed by atoms with van der Waals surface area (Å²) in [5.41, 5.74) is 1.14. The lowest BCUT2D eigenvalue weighted by atomic mass is 10.1. The zero-order valence-corrected chi connectivity index (χ0v) is 9.61. The highest BCUT2D eigenvalue weighted by molar-refractivity contribution is 5.63. The van der Waals surface area contributed by atoms with Gasteiger partial charge >= 0.3 is 0 Å². The Bertz CT molecular complexity index is 569. The van der Waals surface area contributed by atoms with Gasteiger partial charge in [0.05, 0.1) is 23.2 Å². The van der Waals surface area contributed by atoms with Gasteiger partial charge in [-0.25, -0.2) is 4.39 Å². The average Bonchev–Trinajstić information content (AvgIpc) is 2.83. The molecule has 0 saturated heterocycles. The highest BCUT2D eigenvalue weighted by Gasteiger charge is 2.16. The van der Waals surface area contributed by atoms with E-state index in [1.807, 2.05) is 0 Å². The Kier molecular flexibility index (Phi) is 3.22. The van der Waals surface area contributed by atoms with Gasteiger partial charge in [0.1, 0.15) is 11.5 Å². The molecule has 0 saturated carbocycles. The lowest BCUT2D eigenvalue weighted by Crippen LogP contribution is -2.04. The fraction of sp³-hybridized carbons (Fsp3) is 0.182. The number of nitrogens with one attached hydrogen (secondary N) is 2. The maximum Gasteiger partial charge on any atom is 0.295 e. The molecule has 2 aromatic rings. The van der Waals surface area contributed by atoms with E-state index in [4.69, 9.17) is 0 Å². The highest BCUT2D eigenvalue weighted by atomic mass is 19.1. The molecule has 1 aromatic heterocycles. The number of aromatic amines is 1. The largest absolute Gasteiger partial charge is 0.374 e. The van der Waals surface area contributed by atoms with Crippen molar-refractivity contribution >= 4 is 11.4 Å². The Morgan fingerprint density at radius 1 is 1.56 bits per heavy atom. The fourth-order valence-corrected chi connectivity index (χ4v) is 1.54. The number of nitro groups is 1. The van der Waals surface area contributed by atoms with Gasteiger partial charge in [0.25, 0.3) is 5.69 Å². The predicted molar refractivity (Wildman–Crippen MR) is 63.7 cm³/mol. The Balaban J connectivity index is 2.25. The Labute approximate surface area is 102 Å². The van der Waals surface area contributed by atoms with Crippen LogP contribution in [0.3, 0.4) is 0 Å². The van der Waals surface area contributed by atoms with Gasteiger partial charge in [0.15, 0.2) is 0 Å². The SMILES string of the molecule is Cc1cc(NCc2ccn[nH]2)c([N+](=O)[O-])cc1F. The number of H-pyrrole nitrogens is 1. The molecule has 94 valence electrons. The van der Waals surface area contributed by atoms with Crippen molar-refractivity contribution in [3.63, 3.8) is 0 Å². The predicted octanol–water partition coefficient (Wildman–Crippen LogP) is 2.38. The molecule has 0 aliphatic rings. The van der Waals surface area contributed by atoms with Crippen LogP contribution in [0, 0.1) is 22.9 Å². The van der Waals surface area contributed by atoms with Crippen molar-refractivity contribution in [1.82, 2.24) is 10.2 Å². The average molecular weight is 250 g/mol. The third-order valence-corrected chi connectivity index (χ3v) is 2.50. The van der Waals surface area contributed by atoms with Crippen LogP contribution in [-0.4, -0.2) is 15.1 Å². The lowest BCUT2D eigenvalue weighted by molar-refractivity contribution is -0.384. The van der Waals surface area contributed by atoms with E-state index in [-0.39, 0.29) is 11.4 Å². The summed E-state index contributed by atoms with van der Waals surface area (Å²) < 4.78 is 13.3. The van der Waals surface area contributed by atoms with E-state index in [1.165, 1.54) is 6.07 Å². The molecule has 18 heavy (non-hydrogen) atoms. The minimum Gasteiger partial charge on any atom is -0.374 e. The molecule has 0 fully saturated rings. The van der Waals surface area contributed by atoms with E-state index < -0.39 is 10.7 Å². The molecule has 0 aliphatic heterocycles. The van der Waals surface area contributed by atoms with Gasteiger partial charge in [-0.3, -0.25) is 15.2 Å². The standard InChI is InChI=1S/C11H11FN4O2/c1-7-4-10(11(16(17)18)5-9(7)12)13-6-8-2-3-14-15-8/h2-5,13H,6H2,1H3,(H,14,15).